The number of ether oxygens (including phenoxy) is 2. The molecule has 2 aliphatic heterocycles. The van der Waals surface area contributed by atoms with Crippen LogP contribution >= 0.6 is 0 Å². The summed E-state index contributed by atoms with van der Waals surface area (Å²) >= 11 is 0. The number of carboxylic acid groups (broad SMARTS) is 1. The van der Waals surface area contributed by atoms with E-state index in [4.69, 9.17) is 13.9 Å². The van der Waals surface area contributed by atoms with Crippen LogP contribution in [0.4, 0.5) is 5.69 Å². The van der Waals surface area contributed by atoms with Crippen molar-refractivity contribution in [3.05, 3.63) is 94.7 Å². The topological polar surface area (TPSA) is 190 Å². The van der Waals surface area contributed by atoms with Crippen LogP contribution < -0.4 is 44.4 Å². The number of rotatable bonds is 17. The van der Waals surface area contributed by atoms with Gasteiger partial charge in [-0.3, -0.25) is 4.79 Å². The summed E-state index contributed by atoms with van der Waals surface area (Å²) in [5, 5.41) is 10.4. The molecule has 16 heteroatoms. The molecule has 0 spiro atoms. The Morgan fingerprint density at radius 2 is 1.64 bits per heavy atom. The molecule has 0 radical (unpaired) electrons. The normalized spacial score (nSPS) is 16.3. The van der Waals surface area contributed by atoms with E-state index in [9.17, 15) is 35.8 Å². The van der Waals surface area contributed by atoms with Gasteiger partial charge in [-0.1, -0.05) is 30.3 Å². The predicted molar refractivity (Wildman–Crippen MR) is 202 cm³/mol. The second-order valence-electron chi connectivity index (χ2n) is 13.5. The van der Waals surface area contributed by atoms with Gasteiger partial charge in [-0.2, -0.15) is 0 Å². The number of hydrogen-bond acceptors (Lipinski definition) is 11. The summed E-state index contributed by atoms with van der Waals surface area (Å²) in [5.41, 5.74) is 3.92. The van der Waals surface area contributed by atoms with Gasteiger partial charge in [0, 0.05) is 73.0 Å². The molecule has 1 unspecified atom stereocenters. The van der Waals surface area contributed by atoms with E-state index in [0.29, 0.717) is 54.8 Å². The Bertz CT molecular complexity index is 2280. The van der Waals surface area contributed by atoms with E-state index in [2.05, 4.69) is 4.58 Å². The summed E-state index contributed by atoms with van der Waals surface area (Å²) in [4.78, 5) is 13.0. The van der Waals surface area contributed by atoms with Crippen molar-refractivity contribution in [2.45, 2.75) is 49.8 Å². The van der Waals surface area contributed by atoms with Crippen LogP contribution in [0.1, 0.15) is 49.5 Å². The molecular weight excluding hydrogens is 760 g/mol. The predicted octanol–water partition coefficient (Wildman–Crippen LogP) is 1.64. The zero-order chi connectivity index (χ0) is 39.3. The number of benzene rings is 3. The van der Waals surface area contributed by atoms with Gasteiger partial charge in [0.05, 0.1) is 21.1 Å². The number of fused-ring (bicyclic) bond motifs is 2. The fourth-order valence-corrected chi connectivity index (χ4v) is 8.16. The fraction of sp³-hybridized carbons (Fsp3) is 0.385. The molecule has 2 aromatic carbocycles. The summed E-state index contributed by atoms with van der Waals surface area (Å²) in [5.74, 6) is -0.637. The van der Waals surface area contributed by atoms with Gasteiger partial charge in [0.15, 0.2) is 13.1 Å². The minimum Gasteiger partial charge on any atom is -0.748 e. The molecule has 13 nitrogen and oxygen atoms in total. The molecule has 1 atom stereocenters. The second-order valence-corrected chi connectivity index (χ2v) is 16.4. The van der Waals surface area contributed by atoms with Crippen molar-refractivity contribution in [1.29, 1.82) is 0 Å². The molecule has 1 aliphatic carbocycles. The Labute approximate surface area is 344 Å². The number of carbonyl (C=O) groups is 1. The molecule has 0 amide bonds. The van der Waals surface area contributed by atoms with Crippen LogP contribution in [0, 0.1) is 6.92 Å². The van der Waals surface area contributed by atoms with Crippen LogP contribution in [0.15, 0.2) is 81.7 Å². The zero-order valence-corrected chi connectivity index (χ0v) is 35.4. The number of carboxylic acids is 1. The van der Waals surface area contributed by atoms with E-state index in [1.807, 2.05) is 68.5 Å². The maximum absolute atomic E-state index is 12.2. The molecule has 290 valence electrons. The average Bonchev–Trinajstić information content (AvgIpc) is 3.33. The third-order valence-corrected chi connectivity index (χ3v) is 11.5. The molecule has 0 saturated heterocycles. The summed E-state index contributed by atoms with van der Waals surface area (Å²) in [6, 6.07) is 19.8. The van der Waals surface area contributed by atoms with Gasteiger partial charge in [-0.25, -0.2) is 21.4 Å². The molecule has 0 bridgehead atoms. The maximum atomic E-state index is 12.2. The summed E-state index contributed by atoms with van der Waals surface area (Å²) in [6.45, 7) is 5.98. The molecule has 0 saturated carbocycles. The smallest absolute Gasteiger partial charge is 0.748 e. The van der Waals surface area contributed by atoms with Crippen molar-refractivity contribution >= 4 is 38.0 Å². The average molecular weight is 805 g/mol. The Morgan fingerprint density at radius 1 is 0.964 bits per heavy atom. The van der Waals surface area contributed by atoms with Crippen molar-refractivity contribution < 1.29 is 79.3 Å². The van der Waals surface area contributed by atoms with Gasteiger partial charge in [-0.15, -0.1) is 0 Å². The van der Waals surface area contributed by atoms with E-state index in [1.54, 1.807) is 19.1 Å². The van der Waals surface area contributed by atoms with Crippen LogP contribution in [-0.4, -0.2) is 89.8 Å². The van der Waals surface area contributed by atoms with Gasteiger partial charge in [0.25, 0.3) is 0 Å². The quantitative estimate of drug-likeness (QED) is 0.0925. The van der Waals surface area contributed by atoms with Crippen LogP contribution in [0.5, 0.6) is 0 Å². The number of aliphatic carboxylic acids is 1. The molecule has 55 heavy (non-hydrogen) atoms. The molecule has 3 aliphatic rings. The SMILES string of the molecule is COCC[N+](CCOC)=c1ccc2c(-c3ccccc3)c(C)c(/C=C3/N(CCCS(=O)(=O)[O-])c4ccc(S(=O)(=O)[O-])cc4C3(C)CCCC(=O)O)oc-2c1.[Na+]. The molecule has 2 aromatic rings. The van der Waals surface area contributed by atoms with Gasteiger partial charge in [0.2, 0.25) is 5.36 Å². The van der Waals surface area contributed by atoms with Crippen molar-refractivity contribution in [2.24, 2.45) is 0 Å². The van der Waals surface area contributed by atoms with E-state index in [-0.39, 0.29) is 61.8 Å². The Hall–Kier alpha value is -3.38. The Morgan fingerprint density at radius 3 is 2.24 bits per heavy atom. The van der Waals surface area contributed by atoms with Crippen molar-refractivity contribution in [3.8, 4) is 22.5 Å². The minimum absolute atomic E-state index is 0. The second kappa shape index (κ2) is 18.7. The van der Waals surface area contributed by atoms with E-state index in [0.717, 1.165) is 27.6 Å². The Balaban J connectivity index is 0.00000673. The van der Waals surface area contributed by atoms with Crippen molar-refractivity contribution in [2.75, 3.05) is 57.7 Å². The molecule has 1 N–H and O–H groups in total. The van der Waals surface area contributed by atoms with E-state index >= 15 is 0 Å². The van der Waals surface area contributed by atoms with Crippen molar-refractivity contribution in [1.82, 2.24) is 4.58 Å². The van der Waals surface area contributed by atoms with Gasteiger partial charge in [0.1, 0.15) is 34.9 Å². The summed E-state index contributed by atoms with van der Waals surface area (Å²) in [7, 11) is -6.15. The number of hydrogen-bond donors (Lipinski definition) is 1. The standard InChI is InChI=1S/C39H46N2O11S2.Na/c1-27-34(52-35-24-29(40(19-21-50-3)20-22-51-4)13-15-31(35)38(27)28-10-6-5-7-11-28)26-36-39(2,17-8-12-37(42)43)32-25-30(54(47,48)49)14-16-33(32)41(36)18-9-23-53(44,45)46;/h5-7,10-11,13-16,24-26H,8-9,12,17-23H2,1-4H3,(H2-,42,43,44,45,46,47,48,49);/q;+1/p-1. The van der Waals surface area contributed by atoms with Crippen LogP contribution in [-0.2, 0) is 39.9 Å². The fourth-order valence-electron chi connectivity index (χ4n) is 7.18. The van der Waals surface area contributed by atoms with Crippen LogP contribution in [0.3, 0.4) is 0 Å². The first-order valence-corrected chi connectivity index (χ1v) is 20.5. The maximum Gasteiger partial charge on any atom is 1.00 e. The Kier molecular flexibility index (Phi) is 15.1. The van der Waals surface area contributed by atoms with Crippen LogP contribution in [0.2, 0.25) is 0 Å². The van der Waals surface area contributed by atoms with Crippen molar-refractivity contribution in [3.63, 3.8) is 0 Å². The molecule has 5 rings (SSSR count). The first kappa shape index (κ1) is 44.3. The van der Waals surface area contributed by atoms with Gasteiger partial charge >= 0.3 is 35.5 Å². The number of methoxy groups -OCH3 is 2. The molecule has 0 aromatic heterocycles. The first-order valence-electron chi connectivity index (χ1n) is 17.5. The van der Waals surface area contributed by atoms with Gasteiger partial charge in [-0.05, 0) is 74.1 Å². The summed E-state index contributed by atoms with van der Waals surface area (Å²) in [6.07, 6.45) is 2.02. The number of anilines is 1. The number of allylic oxidation sites excluding steroid dienone is 1. The molecular formula is C39H45N2NaO11S2. The first-order chi connectivity index (χ1) is 25.6. The third-order valence-electron chi connectivity index (χ3n) is 9.87. The van der Waals surface area contributed by atoms with Crippen LogP contribution in [0.25, 0.3) is 28.5 Å². The summed E-state index contributed by atoms with van der Waals surface area (Å²) < 4.78 is 91.3. The van der Waals surface area contributed by atoms with E-state index < -0.39 is 42.3 Å². The monoisotopic (exact) mass is 804 g/mol. The minimum atomic E-state index is -4.87. The molecule has 2 heterocycles. The van der Waals surface area contributed by atoms with Gasteiger partial charge < -0.3 is 33.0 Å². The van der Waals surface area contributed by atoms with E-state index in [1.165, 1.54) is 18.2 Å². The zero-order valence-electron chi connectivity index (χ0n) is 31.7. The number of nitrogens with zero attached hydrogens (tertiary/aromatic N) is 2. The largest absolute Gasteiger partial charge is 1.00 e. The third kappa shape index (κ3) is 10.5. The molecule has 0 fully saturated rings.